The molecule has 10 heteroatoms. The highest BCUT2D eigenvalue weighted by atomic mass is 32.1. The van der Waals surface area contributed by atoms with Gasteiger partial charge in [-0.2, -0.15) is 13.2 Å². The molecular weight excluding hydrogens is 387 g/mol. The Bertz CT molecular complexity index is 798. The molecule has 1 amide bonds. The lowest BCUT2D eigenvalue weighted by molar-refractivity contribution is -0.202. The summed E-state index contributed by atoms with van der Waals surface area (Å²) in [4.78, 5) is 37.1. The zero-order valence-corrected chi connectivity index (χ0v) is 15.6. The number of aliphatic hydroxyl groups is 1. The van der Waals surface area contributed by atoms with Gasteiger partial charge in [-0.1, -0.05) is 19.9 Å². The van der Waals surface area contributed by atoms with Crippen molar-refractivity contribution < 1.29 is 37.4 Å². The van der Waals surface area contributed by atoms with Gasteiger partial charge in [-0.3, -0.25) is 9.59 Å². The van der Waals surface area contributed by atoms with Crippen LogP contribution in [0.5, 0.6) is 0 Å². The fourth-order valence-corrected chi connectivity index (χ4v) is 3.67. The first-order chi connectivity index (χ1) is 12.4. The summed E-state index contributed by atoms with van der Waals surface area (Å²) >= 11 is 0.855. The van der Waals surface area contributed by atoms with Crippen LogP contribution in [0.15, 0.2) is 28.8 Å². The molecule has 0 spiro atoms. The van der Waals surface area contributed by atoms with Crippen molar-refractivity contribution in [1.29, 1.82) is 0 Å². The van der Waals surface area contributed by atoms with Crippen molar-refractivity contribution in [3.63, 3.8) is 0 Å². The average Bonchev–Trinajstić information content (AvgIpc) is 3.04. The van der Waals surface area contributed by atoms with Crippen LogP contribution < -0.4 is 5.32 Å². The highest BCUT2D eigenvalue weighted by molar-refractivity contribution is 7.12. The Morgan fingerprint density at radius 2 is 1.93 bits per heavy atom. The Morgan fingerprint density at radius 1 is 1.30 bits per heavy atom. The molecule has 1 aliphatic carbocycles. The van der Waals surface area contributed by atoms with Gasteiger partial charge >= 0.3 is 12.1 Å². The molecule has 0 saturated carbocycles. The van der Waals surface area contributed by atoms with Gasteiger partial charge in [0.05, 0.1) is 17.6 Å². The minimum absolute atomic E-state index is 0.101. The number of amides is 1. The van der Waals surface area contributed by atoms with Gasteiger partial charge in [-0.05, 0) is 16.9 Å². The number of methoxy groups -OCH3 is 1. The smallest absolute Gasteiger partial charge is 0.427 e. The number of carbonyl (C=O) groups excluding carboxylic acids is 3. The molecule has 0 aliphatic heterocycles. The number of ether oxygens (including phenoxy) is 1. The van der Waals surface area contributed by atoms with Crippen molar-refractivity contribution >= 4 is 29.0 Å². The predicted octanol–water partition coefficient (Wildman–Crippen LogP) is 3.15. The quantitative estimate of drug-likeness (QED) is 0.751. The Labute approximate surface area is 157 Å². The van der Waals surface area contributed by atoms with E-state index in [1.165, 1.54) is 17.5 Å². The third-order valence-corrected chi connectivity index (χ3v) is 5.06. The van der Waals surface area contributed by atoms with Gasteiger partial charge in [0, 0.05) is 12.8 Å². The summed E-state index contributed by atoms with van der Waals surface area (Å²) in [6.45, 7) is 3.19. The molecule has 0 radical (unpaired) electrons. The first-order valence-electron chi connectivity index (χ1n) is 7.82. The number of rotatable bonds is 4. The molecule has 1 heterocycles. The van der Waals surface area contributed by atoms with E-state index < -0.39 is 46.1 Å². The van der Waals surface area contributed by atoms with E-state index in [0.717, 1.165) is 11.3 Å². The molecule has 0 fully saturated rings. The lowest BCUT2D eigenvalue weighted by atomic mass is 9.71. The van der Waals surface area contributed by atoms with E-state index in [4.69, 9.17) is 0 Å². The van der Waals surface area contributed by atoms with Crippen LogP contribution in [0.1, 0.15) is 36.4 Å². The highest BCUT2D eigenvalue weighted by Crippen LogP contribution is 2.45. The number of ketones is 1. The monoisotopic (exact) mass is 405 g/mol. The Morgan fingerprint density at radius 3 is 2.37 bits per heavy atom. The molecule has 1 aliphatic rings. The number of nitrogens with one attached hydrogen (secondary N) is 1. The molecular formula is C17H18F3NO5S. The topological polar surface area (TPSA) is 92.7 Å². The normalized spacial score (nSPS) is 19.4. The fourth-order valence-electron chi connectivity index (χ4n) is 3.05. The van der Waals surface area contributed by atoms with Crippen LogP contribution in [-0.2, 0) is 14.3 Å². The maximum atomic E-state index is 14.1. The van der Waals surface area contributed by atoms with Gasteiger partial charge in [0.15, 0.2) is 5.78 Å². The second-order valence-corrected chi connectivity index (χ2v) is 7.88. The van der Waals surface area contributed by atoms with E-state index in [9.17, 15) is 32.7 Å². The third-order valence-electron chi connectivity index (χ3n) is 4.19. The number of allylic oxidation sites excluding steroid dienone is 1. The fraction of sp³-hybridized carbons (Fsp3) is 0.471. The molecule has 2 rings (SSSR count). The zero-order chi connectivity index (χ0) is 20.6. The van der Waals surface area contributed by atoms with Gasteiger partial charge in [0.1, 0.15) is 5.76 Å². The van der Waals surface area contributed by atoms with Crippen LogP contribution in [0, 0.1) is 5.41 Å². The maximum absolute atomic E-state index is 14.1. The summed E-state index contributed by atoms with van der Waals surface area (Å²) in [7, 11) is 0.703. The summed E-state index contributed by atoms with van der Waals surface area (Å²) in [6.07, 6.45) is -6.04. The predicted molar refractivity (Wildman–Crippen MR) is 90.3 cm³/mol. The van der Waals surface area contributed by atoms with E-state index in [1.54, 1.807) is 19.2 Å². The highest BCUT2D eigenvalue weighted by Gasteiger charge is 2.68. The van der Waals surface area contributed by atoms with E-state index in [0.29, 0.717) is 7.11 Å². The van der Waals surface area contributed by atoms with Gasteiger partial charge in [0.25, 0.3) is 11.4 Å². The number of hydrogen-bond donors (Lipinski definition) is 2. The first-order valence-corrected chi connectivity index (χ1v) is 8.70. The number of alkyl halides is 3. The number of hydrogen-bond acceptors (Lipinski definition) is 6. The third kappa shape index (κ3) is 3.71. The lowest BCUT2D eigenvalue weighted by Gasteiger charge is -2.39. The summed E-state index contributed by atoms with van der Waals surface area (Å²) in [5.74, 6) is -5.11. The first kappa shape index (κ1) is 20.9. The molecule has 0 aromatic carbocycles. The van der Waals surface area contributed by atoms with Crippen LogP contribution in [0.3, 0.4) is 0 Å². The molecule has 27 heavy (non-hydrogen) atoms. The summed E-state index contributed by atoms with van der Waals surface area (Å²) in [5, 5.41) is 13.3. The van der Waals surface area contributed by atoms with Crippen LogP contribution >= 0.6 is 11.3 Å². The molecule has 148 valence electrons. The summed E-state index contributed by atoms with van der Waals surface area (Å²) < 4.78 is 46.7. The van der Waals surface area contributed by atoms with E-state index >= 15 is 0 Å². The minimum atomic E-state index is -5.44. The number of esters is 1. The Hall–Kier alpha value is -2.36. The molecule has 1 atom stereocenters. The summed E-state index contributed by atoms with van der Waals surface area (Å²) in [5.41, 5.74) is -5.80. The van der Waals surface area contributed by atoms with Crippen molar-refractivity contribution in [2.75, 3.05) is 7.11 Å². The molecule has 6 nitrogen and oxygen atoms in total. The zero-order valence-electron chi connectivity index (χ0n) is 14.8. The van der Waals surface area contributed by atoms with Crippen molar-refractivity contribution in [3.05, 3.63) is 33.7 Å². The standard InChI is InChI=1S/C17H18F3NO5S/c1-15(2)7-9(22)12(10(23)8-15)16(14(25)26-3,17(18,19)20)21-13(24)11-5-4-6-27-11/h4-6,22H,7-8H2,1-3H3,(H,21,24)/t16-/m0/s1. The molecule has 1 aromatic heterocycles. The van der Waals surface area contributed by atoms with Crippen molar-refractivity contribution in [2.24, 2.45) is 5.41 Å². The van der Waals surface area contributed by atoms with Gasteiger partial charge in [-0.25, -0.2) is 4.79 Å². The molecule has 2 N–H and O–H groups in total. The largest absolute Gasteiger partial charge is 0.512 e. The lowest BCUT2D eigenvalue weighted by Crippen LogP contribution is -2.67. The van der Waals surface area contributed by atoms with Crippen molar-refractivity contribution in [1.82, 2.24) is 5.32 Å². The minimum Gasteiger partial charge on any atom is -0.512 e. The van der Waals surface area contributed by atoms with Crippen molar-refractivity contribution in [2.45, 2.75) is 38.4 Å². The number of Topliss-reactive ketones (excluding diaryl/α,β-unsaturated/α-hetero) is 1. The van der Waals surface area contributed by atoms with Gasteiger partial charge in [0.2, 0.25) is 0 Å². The average molecular weight is 405 g/mol. The van der Waals surface area contributed by atoms with Crippen molar-refractivity contribution in [3.8, 4) is 0 Å². The van der Waals surface area contributed by atoms with E-state index in [1.807, 2.05) is 0 Å². The Kier molecular flexibility index (Phi) is 5.42. The molecule has 0 saturated heterocycles. The maximum Gasteiger partial charge on any atom is 0.427 e. The number of carbonyl (C=O) groups is 3. The van der Waals surface area contributed by atoms with Crippen LogP contribution in [0.2, 0.25) is 0 Å². The number of thiophene rings is 1. The SMILES string of the molecule is COC(=O)[C@@](NC(=O)c1cccs1)(C1=C(O)CC(C)(C)CC1=O)C(F)(F)F. The second kappa shape index (κ2) is 6.99. The van der Waals surface area contributed by atoms with Crippen LogP contribution in [0.25, 0.3) is 0 Å². The molecule has 0 unspecified atom stereocenters. The van der Waals surface area contributed by atoms with Gasteiger partial charge in [-0.15, -0.1) is 11.3 Å². The second-order valence-electron chi connectivity index (χ2n) is 6.93. The molecule has 1 aromatic rings. The van der Waals surface area contributed by atoms with E-state index in [2.05, 4.69) is 4.74 Å². The Balaban J connectivity index is 2.71. The number of aliphatic hydroxyl groups excluding tert-OH is 1. The van der Waals surface area contributed by atoms with Crippen LogP contribution in [-0.4, -0.2) is 41.6 Å². The number of halogens is 3. The van der Waals surface area contributed by atoms with Crippen LogP contribution in [0.4, 0.5) is 13.2 Å². The van der Waals surface area contributed by atoms with E-state index in [-0.39, 0.29) is 17.7 Å². The summed E-state index contributed by atoms with van der Waals surface area (Å²) in [6, 6.07) is 2.70. The van der Waals surface area contributed by atoms with Gasteiger partial charge < -0.3 is 15.2 Å². The molecule has 0 bridgehead atoms.